The second kappa shape index (κ2) is 11.4. The van der Waals surface area contributed by atoms with Crippen LogP contribution >= 0.6 is 23.7 Å². The molecule has 0 aliphatic rings. The van der Waals surface area contributed by atoms with Crippen molar-refractivity contribution in [2.45, 2.75) is 36.8 Å². The lowest BCUT2D eigenvalue weighted by Crippen LogP contribution is -2.34. The van der Waals surface area contributed by atoms with Gasteiger partial charge in [0.15, 0.2) is 15.0 Å². The number of carbonyl (C=O) groups excluding carboxylic acids is 1. The number of rotatable bonds is 9. The Morgan fingerprint density at radius 3 is 2.36 bits per heavy atom. The Morgan fingerprint density at radius 2 is 1.76 bits per heavy atom. The molecule has 33 heavy (non-hydrogen) atoms. The molecular formula is C23H29ClFN3O3S2. The van der Waals surface area contributed by atoms with Crippen LogP contribution in [0, 0.1) is 5.82 Å². The van der Waals surface area contributed by atoms with Crippen molar-refractivity contribution in [1.82, 2.24) is 9.88 Å². The minimum absolute atomic E-state index is 0. The third-order valence-corrected chi connectivity index (χ3v) is 8.30. The fourth-order valence-electron chi connectivity index (χ4n) is 3.21. The summed E-state index contributed by atoms with van der Waals surface area (Å²) in [5.74, 6) is -0.475. The summed E-state index contributed by atoms with van der Waals surface area (Å²) in [4.78, 5) is 21.7. The van der Waals surface area contributed by atoms with E-state index in [1.54, 1.807) is 49.1 Å². The second-order valence-electron chi connectivity index (χ2n) is 8.23. The van der Waals surface area contributed by atoms with Crippen LogP contribution in [-0.2, 0) is 21.1 Å². The molecule has 0 unspecified atom stereocenters. The lowest BCUT2D eigenvalue weighted by atomic mass is 10.1. The molecule has 0 aliphatic carbocycles. The van der Waals surface area contributed by atoms with Gasteiger partial charge in [-0.2, -0.15) is 0 Å². The first-order valence-electron chi connectivity index (χ1n) is 10.4. The van der Waals surface area contributed by atoms with Crippen LogP contribution in [0.15, 0.2) is 47.4 Å². The summed E-state index contributed by atoms with van der Waals surface area (Å²) in [6.07, 6.45) is 0.878. The normalized spacial score (nSPS) is 11.7. The lowest BCUT2D eigenvalue weighted by Gasteiger charge is -2.21. The van der Waals surface area contributed by atoms with Crippen molar-refractivity contribution in [3.05, 3.63) is 53.8 Å². The van der Waals surface area contributed by atoms with Gasteiger partial charge in [-0.15, -0.1) is 12.4 Å². The van der Waals surface area contributed by atoms with E-state index in [1.165, 1.54) is 23.5 Å². The maximum absolute atomic E-state index is 13.6. The highest BCUT2D eigenvalue weighted by atomic mass is 35.5. The molecule has 6 nitrogen and oxygen atoms in total. The molecule has 1 amide bonds. The summed E-state index contributed by atoms with van der Waals surface area (Å²) in [7, 11) is 0.584. The fourth-order valence-corrected chi connectivity index (χ4v) is 5.31. The van der Waals surface area contributed by atoms with Gasteiger partial charge in [0.25, 0.3) is 0 Å². The van der Waals surface area contributed by atoms with Crippen LogP contribution in [0.1, 0.15) is 25.8 Å². The predicted octanol–water partition coefficient (Wildman–Crippen LogP) is 4.57. The SMILES string of the molecule is CC(C)S(=O)(=O)c1ccc(CC(=O)N(CCCN(C)C)c2nc3ccc(F)cc3s2)cc1.Cl. The third-order valence-electron chi connectivity index (χ3n) is 5.09. The van der Waals surface area contributed by atoms with Crippen molar-refractivity contribution in [3.63, 3.8) is 0 Å². The van der Waals surface area contributed by atoms with Crippen LogP contribution in [0.4, 0.5) is 9.52 Å². The predicted molar refractivity (Wildman–Crippen MR) is 135 cm³/mol. The van der Waals surface area contributed by atoms with Crippen LogP contribution in [0.25, 0.3) is 10.2 Å². The molecule has 180 valence electrons. The molecule has 0 aliphatic heterocycles. The highest BCUT2D eigenvalue weighted by molar-refractivity contribution is 7.92. The van der Waals surface area contributed by atoms with E-state index in [-0.39, 0.29) is 35.4 Å². The second-order valence-corrected chi connectivity index (χ2v) is 11.7. The zero-order chi connectivity index (χ0) is 23.5. The number of thiazole rings is 1. The molecular weight excluding hydrogens is 485 g/mol. The lowest BCUT2D eigenvalue weighted by molar-refractivity contribution is -0.118. The van der Waals surface area contributed by atoms with Crippen molar-refractivity contribution in [1.29, 1.82) is 0 Å². The number of anilines is 1. The maximum Gasteiger partial charge on any atom is 0.233 e. The van der Waals surface area contributed by atoms with E-state index >= 15 is 0 Å². The Hall–Kier alpha value is -2.07. The highest BCUT2D eigenvalue weighted by Crippen LogP contribution is 2.30. The average molecular weight is 514 g/mol. The largest absolute Gasteiger partial charge is 0.309 e. The quantitative estimate of drug-likeness (QED) is 0.419. The van der Waals surface area contributed by atoms with Crippen molar-refractivity contribution in [2.24, 2.45) is 0 Å². The minimum atomic E-state index is -3.36. The van der Waals surface area contributed by atoms with E-state index in [9.17, 15) is 17.6 Å². The number of carbonyl (C=O) groups is 1. The van der Waals surface area contributed by atoms with Crippen molar-refractivity contribution in [3.8, 4) is 0 Å². The first-order chi connectivity index (χ1) is 15.1. The van der Waals surface area contributed by atoms with E-state index in [2.05, 4.69) is 4.98 Å². The van der Waals surface area contributed by atoms with Crippen LogP contribution in [0.2, 0.25) is 0 Å². The summed E-state index contributed by atoms with van der Waals surface area (Å²) >= 11 is 1.29. The molecule has 1 heterocycles. The van der Waals surface area contributed by atoms with Gasteiger partial charge in [-0.05, 0) is 76.8 Å². The van der Waals surface area contributed by atoms with E-state index in [4.69, 9.17) is 0 Å². The number of aromatic nitrogens is 1. The van der Waals surface area contributed by atoms with E-state index in [0.29, 0.717) is 21.9 Å². The summed E-state index contributed by atoms with van der Waals surface area (Å²) in [5, 5.41) is 0.0272. The molecule has 0 bridgehead atoms. The number of nitrogens with zero attached hydrogens (tertiary/aromatic N) is 3. The van der Waals surface area contributed by atoms with Gasteiger partial charge in [0.05, 0.1) is 26.8 Å². The van der Waals surface area contributed by atoms with Gasteiger partial charge in [-0.25, -0.2) is 17.8 Å². The van der Waals surface area contributed by atoms with Gasteiger partial charge in [-0.1, -0.05) is 23.5 Å². The molecule has 0 saturated heterocycles. The van der Waals surface area contributed by atoms with Crippen molar-refractivity contribution >= 4 is 54.8 Å². The summed E-state index contributed by atoms with van der Waals surface area (Å²) in [5.41, 5.74) is 1.38. The summed E-state index contributed by atoms with van der Waals surface area (Å²) in [6.45, 7) is 4.58. The molecule has 3 rings (SSSR count). The number of hydrogen-bond donors (Lipinski definition) is 0. The number of fused-ring (bicyclic) bond motifs is 1. The van der Waals surface area contributed by atoms with Gasteiger partial charge in [0, 0.05) is 6.54 Å². The van der Waals surface area contributed by atoms with Gasteiger partial charge < -0.3 is 4.90 Å². The van der Waals surface area contributed by atoms with Gasteiger partial charge in [-0.3, -0.25) is 9.69 Å². The Labute approximate surface area is 204 Å². The first-order valence-corrected chi connectivity index (χ1v) is 12.8. The van der Waals surface area contributed by atoms with Crippen LogP contribution < -0.4 is 4.90 Å². The topological polar surface area (TPSA) is 70.6 Å². The molecule has 1 aromatic heterocycles. The molecule has 3 aromatic rings. The number of halogens is 2. The van der Waals surface area contributed by atoms with E-state index < -0.39 is 15.1 Å². The number of benzene rings is 2. The fraction of sp³-hybridized carbons (Fsp3) is 0.391. The number of sulfone groups is 1. The molecule has 0 spiro atoms. The highest BCUT2D eigenvalue weighted by Gasteiger charge is 2.22. The zero-order valence-electron chi connectivity index (χ0n) is 19.1. The van der Waals surface area contributed by atoms with E-state index in [1.807, 2.05) is 19.0 Å². The first kappa shape index (κ1) is 27.2. The molecule has 0 N–H and O–H groups in total. The van der Waals surface area contributed by atoms with Crippen molar-refractivity contribution < 1.29 is 17.6 Å². The Kier molecular flexibility index (Phi) is 9.37. The Balaban J connectivity index is 0.00000385. The molecule has 0 radical (unpaired) electrons. The zero-order valence-corrected chi connectivity index (χ0v) is 21.6. The van der Waals surface area contributed by atoms with Gasteiger partial charge in [0.2, 0.25) is 5.91 Å². The average Bonchev–Trinajstić information content (AvgIpc) is 3.13. The Morgan fingerprint density at radius 1 is 1.09 bits per heavy atom. The van der Waals surface area contributed by atoms with E-state index in [0.717, 1.165) is 18.5 Å². The van der Waals surface area contributed by atoms with Gasteiger partial charge >= 0.3 is 0 Å². The van der Waals surface area contributed by atoms with Crippen LogP contribution in [0.5, 0.6) is 0 Å². The summed E-state index contributed by atoms with van der Waals surface area (Å²) in [6, 6.07) is 10.9. The number of amides is 1. The Bertz CT molecular complexity index is 1200. The third kappa shape index (κ3) is 6.72. The smallest absolute Gasteiger partial charge is 0.233 e. The van der Waals surface area contributed by atoms with Crippen LogP contribution in [0.3, 0.4) is 0 Å². The molecule has 10 heteroatoms. The maximum atomic E-state index is 13.6. The van der Waals surface area contributed by atoms with Crippen LogP contribution in [-0.4, -0.2) is 56.6 Å². The summed E-state index contributed by atoms with van der Waals surface area (Å²) < 4.78 is 38.9. The number of hydrogen-bond acceptors (Lipinski definition) is 6. The monoisotopic (exact) mass is 513 g/mol. The van der Waals surface area contributed by atoms with Gasteiger partial charge in [0.1, 0.15) is 5.82 Å². The van der Waals surface area contributed by atoms with Crippen molar-refractivity contribution in [2.75, 3.05) is 32.1 Å². The molecule has 2 aromatic carbocycles. The molecule has 0 fully saturated rings. The molecule has 0 saturated carbocycles. The minimum Gasteiger partial charge on any atom is -0.309 e. The molecule has 0 atom stereocenters. The standard InChI is InChI=1S/C23H28FN3O3S2.ClH/c1-16(2)32(29,30)19-9-6-17(7-10-19)14-22(28)27(13-5-12-26(3)4)23-25-20-11-8-18(24)15-21(20)31-23;/h6-11,15-16H,5,12-14H2,1-4H3;1H.